The van der Waals surface area contributed by atoms with Crippen molar-refractivity contribution in [2.45, 2.75) is 30.9 Å². The number of rotatable bonds is 6. The largest absolute Gasteiger partial charge is 0.493 e. The Balaban J connectivity index is 2.11. The van der Waals surface area contributed by atoms with E-state index in [1.54, 1.807) is 29.8 Å². The summed E-state index contributed by atoms with van der Waals surface area (Å²) in [6.45, 7) is 4.05. The summed E-state index contributed by atoms with van der Waals surface area (Å²) in [6.07, 6.45) is 0.997. The lowest BCUT2D eigenvalue weighted by Crippen LogP contribution is -2.13. The zero-order valence-electron chi connectivity index (χ0n) is 12.3. The standard InChI is InChI=1S/C15H19ClN2O2S/c1-10(2)18-15(14(20-3)8-17-18)13(19)9-21-12-6-4-11(16)5-7-12/h4-8,10,13,19H,9H2,1-3H3. The van der Waals surface area contributed by atoms with Crippen LogP contribution >= 0.6 is 23.4 Å². The number of aromatic nitrogens is 2. The second-order valence-corrected chi connectivity index (χ2v) is 6.45. The van der Waals surface area contributed by atoms with Gasteiger partial charge in [0.05, 0.1) is 13.3 Å². The zero-order chi connectivity index (χ0) is 15.4. The fourth-order valence-corrected chi connectivity index (χ4v) is 2.99. The molecule has 0 fully saturated rings. The molecule has 1 heterocycles. The Labute approximate surface area is 134 Å². The number of thioether (sulfide) groups is 1. The van der Waals surface area contributed by atoms with E-state index >= 15 is 0 Å². The van der Waals surface area contributed by atoms with Crippen LogP contribution in [0.5, 0.6) is 5.75 Å². The van der Waals surface area contributed by atoms with Gasteiger partial charge in [-0.15, -0.1) is 11.8 Å². The number of nitrogens with zero attached hydrogens (tertiary/aromatic N) is 2. The molecule has 1 atom stereocenters. The zero-order valence-corrected chi connectivity index (χ0v) is 13.9. The lowest BCUT2D eigenvalue weighted by Gasteiger charge is -2.17. The van der Waals surface area contributed by atoms with Gasteiger partial charge in [-0.2, -0.15) is 5.10 Å². The SMILES string of the molecule is COc1cnn(C(C)C)c1C(O)CSc1ccc(Cl)cc1. The Morgan fingerprint density at radius 3 is 2.57 bits per heavy atom. The van der Waals surface area contributed by atoms with Crippen molar-refractivity contribution in [2.75, 3.05) is 12.9 Å². The maximum Gasteiger partial charge on any atom is 0.162 e. The van der Waals surface area contributed by atoms with Crippen LogP contribution in [0.15, 0.2) is 35.4 Å². The lowest BCUT2D eigenvalue weighted by molar-refractivity contribution is 0.184. The van der Waals surface area contributed by atoms with Crippen molar-refractivity contribution in [1.29, 1.82) is 0 Å². The molecule has 2 rings (SSSR count). The highest BCUT2D eigenvalue weighted by atomic mass is 35.5. The Kier molecular flexibility index (Phi) is 5.56. The molecule has 6 heteroatoms. The van der Waals surface area contributed by atoms with Crippen molar-refractivity contribution < 1.29 is 9.84 Å². The number of hydrogen-bond acceptors (Lipinski definition) is 4. The third-order valence-electron chi connectivity index (χ3n) is 3.04. The van der Waals surface area contributed by atoms with E-state index in [0.29, 0.717) is 22.2 Å². The van der Waals surface area contributed by atoms with Gasteiger partial charge >= 0.3 is 0 Å². The van der Waals surface area contributed by atoms with Gasteiger partial charge in [-0.1, -0.05) is 11.6 Å². The molecule has 0 spiro atoms. The minimum absolute atomic E-state index is 0.166. The molecule has 0 saturated carbocycles. The molecule has 4 nitrogen and oxygen atoms in total. The van der Waals surface area contributed by atoms with Crippen molar-refractivity contribution >= 4 is 23.4 Å². The van der Waals surface area contributed by atoms with Crippen molar-refractivity contribution in [1.82, 2.24) is 9.78 Å². The van der Waals surface area contributed by atoms with E-state index in [2.05, 4.69) is 5.10 Å². The van der Waals surface area contributed by atoms with Crippen LogP contribution in [0.3, 0.4) is 0 Å². The smallest absolute Gasteiger partial charge is 0.162 e. The highest BCUT2D eigenvalue weighted by molar-refractivity contribution is 7.99. The quantitative estimate of drug-likeness (QED) is 0.816. The van der Waals surface area contributed by atoms with E-state index in [9.17, 15) is 5.11 Å². The Hall–Kier alpha value is -1.17. The maximum absolute atomic E-state index is 10.5. The van der Waals surface area contributed by atoms with E-state index in [-0.39, 0.29) is 6.04 Å². The van der Waals surface area contributed by atoms with Crippen molar-refractivity contribution in [2.24, 2.45) is 0 Å². The molecule has 1 aromatic carbocycles. The van der Waals surface area contributed by atoms with Crippen LogP contribution in [0.4, 0.5) is 0 Å². The molecule has 114 valence electrons. The van der Waals surface area contributed by atoms with Crippen LogP contribution < -0.4 is 4.74 Å². The summed E-state index contributed by atoms with van der Waals surface area (Å²) >= 11 is 7.43. The average Bonchev–Trinajstić information content (AvgIpc) is 2.90. The first-order chi connectivity index (χ1) is 10.0. The van der Waals surface area contributed by atoms with Crippen molar-refractivity contribution in [3.05, 3.63) is 41.2 Å². The number of aliphatic hydroxyl groups is 1. The van der Waals surface area contributed by atoms with Gasteiger partial charge in [-0.3, -0.25) is 4.68 Å². The summed E-state index contributed by atoms with van der Waals surface area (Å²) in [7, 11) is 1.59. The molecule has 2 aromatic rings. The molecule has 0 aliphatic rings. The summed E-state index contributed by atoms with van der Waals surface area (Å²) in [4.78, 5) is 1.06. The van der Waals surface area contributed by atoms with Gasteiger partial charge in [0.1, 0.15) is 11.8 Å². The summed E-state index contributed by atoms with van der Waals surface area (Å²) in [5, 5.41) is 15.5. The van der Waals surface area contributed by atoms with Crippen LogP contribution in [0, 0.1) is 0 Å². The molecular weight excluding hydrogens is 308 g/mol. The van der Waals surface area contributed by atoms with E-state index in [1.807, 2.05) is 38.1 Å². The van der Waals surface area contributed by atoms with Crippen molar-refractivity contribution in [3.63, 3.8) is 0 Å². The first kappa shape index (κ1) is 16.2. The predicted molar refractivity (Wildman–Crippen MR) is 86.3 cm³/mol. The van der Waals surface area contributed by atoms with E-state index in [4.69, 9.17) is 16.3 Å². The monoisotopic (exact) mass is 326 g/mol. The number of aliphatic hydroxyl groups excluding tert-OH is 1. The van der Waals surface area contributed by atoms with Gasteiger partial charge in [0.2, 0.25) is 0 Å². The van der Waals surface area contributed by atoms with Gasteiger partial charge in [0.15, 0.2) is 5.75 Å². The third kappa shape index (κ3) is 3.93. The van der Waals surface area contributed by atoms with Crippen LogP contribution in [-0.4, -0.2) is 27.7 Å². The minimum Gasteiger partial charge on any atom is -0.493 e. The van der Waals surface area contributed by atoms with Crippen LogP contribution in [0.25, 0.3) is 0 Å². The van der Waals surface area contributed by atoms with E-state index < -0.39 is 6.10 Å². The van der Waals surface area contributed by atoms with E-state index in [1.165, 1.54) is 0 Å². The molecule has 21 heavy (non-hydrogen) atoms. The molecular formula is C15H19ClN2O2S. The molecule has 0 radical (unpaired) electrons. The summed E-state index contributed by atoms with van der Waals surface area (Å²) in [5.74, 6) is 1.14. The Morgan fingerprint density at radius 1 is 1.33 bits per heavy atom. The maximum atomic E-state index is 10.5. The number of methoxy groups -OCH3 is 1. The van der Waals surface area contributed by atoms with Crippen LogP contribution in [-0.2, 0) is 0 Å². The Morgan fingerprint density at radius 2 is 2.00 bits per heavy atom. The van der Waals surface area contributed by atoms with Gasteiger partial charge in [0.25, 0.3) is 0 Å². The van der Waals surface area contributed by atoms with Gasteiger partial charge in [-0.25, -0.2) is 0 Å². The Bertz CT molecular complexity index is 584. The number of ether oxygens (including phenoxy) is 1. The fourth-order valence-electron chi connectivity index (χ4n) is 2.03. The normalized spacial score (nSPS) is 12.7. The van der Waals surface area contributed by atoms with Gasteiger partial charge in [0, 0.05) is 21.7 Å². The average molecular weight is 327 g/mol. The first-order valence-corrected chi connectivity index (χ1v) is 8.07. The number of hydrogen-bond donors (Lipinski definition) is 1. The highest BCUT2D eigenvalue weighted by Gasteiger charge is 2.21. The number of benzene rings is 1. The number of halogens is 1. The highest BCUT2D eigenvalue weighted by Crippen LogP contribution is 2.31. The molecule has 0 saturated heterocycles. The minimum atomic E-state index is -0.648. The molecule has 0 bridgehead atoms. The molecule has 0 aliphatic heterocycles. The first-order valence-electron chi connectivity index (χ1n) is 6.70. The lowest BCUT2D eigenvalue weighted by atomic mass is 10.2. The second-order valence-electron chi connectivity index (χ2n) is 4.92. The van der Waals surface area contributed by atoms with Crippen LogP contribution in [0.2, 0.25) is 5.02 Å². The van der Waals surface area contributed by atoms with Gasteiger partial charge < -0.3 is 9.84 Å². The molecule has 1 unspecified atom stereocenters. The fraction of sp³-hybridized carbons (Fsp3) is 0.400. The summed E-state index contributed by atoms with van der Waals surface area (Å²) < 4.78 is 7.09. The molecule has 1 N–H and O–H groups in total. The summed E-state index contributed by atoms with van der Waals surface area (Å²) in [5.41, 5.74) is 0.717. The van der Waals surface area contributed by atoms with Crippen LogP contribution in [0.1, 0.15) is 31.7 Å². The van der Waals surface area contributed by atoms with Crippen molar-refractivity contribution in [3.8, 4) is 5.75 Å². The molecule has 1 aromatic heterocycles. The van der Waals surface area contributed by atoms with Gasteiger partial charge in [-0.05, 0) is 38.1 Å². The third-order valence-corrected chi connectivity index (χ3v) is 4.38. The second kappa shape index (κ2) is 7.20. The van der Waals surface area contributed by atoms with E-state index in [0.717, 1.165) is 4.90 Å². The molecule has 0 amide bonds. The molecule has 0 aliphatic carbocycles. The topological polar surface area (TPSA) is 47.3 Å². The predicted octanol–water partition coefficient (Wildman–Crippen LogP) is 3.95. The summed E-state index contributed by atoms with van der Waals surface area (Å²) in [6, 6.07) is 7.73.